The van der Waals surface area contributed by atoms with Gasteiger partial charge in [-0.1, -0.05) is 0 Å². The summed E-state index contributed by atoms with van der Waals surface area (Å²) in [6.07, 6.45) is 0.731. The molecule has 0 rings (SSSR count). The fourth-order valence-corrected chi connectivity index (χ4v) is 0.965. The van der Waals surface area contributed by atoms with Gasteiger partial charge in [-0.05, 0) is 12.8 Å². The standard InChI is InChI=1S/C4H10O4S.Na.H/c5-3-1-2-4-9(6,7)8;;/h5H,1-4H2,(H,6,7,8);;/q;+1;-1. The number of aliphatic hydroxyl groups excluding tert-OH is 1. The van der Waals surface area contributed by atoms with Gasteiger partial charge in [0.05, 0.1) is 5.75 Å². The molecular formula is C4H11NaO4S. The third-order valence-corrected chi connectivity index (χ3v) is 1.61. The van der Waals surface area contributed by atoms with Crippen LogP contribution in [0, 0.1) is 0 Å². The van der Waals surface area contributed by atoms with Crippen molar-refractivity contribution in [3.63, 3.8) is 0 Å². The van der Waals surface area contributed by atoms with Crippen molar-refractivity contribution in [1.29, 1.82) is 0 Å². The van der Waals surface area contributed by atoms with Crippen LogP contribution in [0.3, 0.4) is 0 Å². The van der Waals surface area contributed by atoms with Gasteiger partial charge in [0.25, 0.3) is 10.1 Å². The van der Waals surface area contributed by atoms with Crippen LogP contribution in [0.4, 0.5) is 0 Å². The Morgan fingerprint density at radius 1 is 1.30 bits per heavy atom. The maximum absolute atomic E-state index is 9.98. The predicted molar refractivity (Wildman–Crippen MR) is 33.8 cm³/mol. The molecular weight excluding hydrogens is 167 g/mol. The summed E-state index contributed by atoms with van der Waals surface area (Å²) >= 11 is 0. The second kappa shape index (κ2) is 6.57. The van der Waals surface area contributed by atoms with Gasteiger partial charge in [-0.25, -0.2) is 0 Å². The fraction of sp³-hybridized carbons (Fsp3) is 1.00. The van der Waals surface area contributed by atoms with Gasteiger partial charge in [-0.3, -0.25) is 4.55 Å². The van der Waals surface area contributed by atoms with Crippen LogP contribution in [0.2, 0.25) is 0 Å². The van der Waals surface area contributed by atoms with Gasteiger partial charge < -0.3 is 6.53 Å². The summed E-state index contributed by atoms with van der Waals surface area (Å²) in [5.74, 6) is -0.256. The molecule has 6 heteroatoms. The van der Waals surface area contributed by atoms with Crippen molar-refractivity contribution in [2.75, 3.05) is 12.4 Å². The minimum Gasteiger partial charge on any atom is -1.00 e. The van der Waals surface area contributed by atoms with E-state index in [1.54, 1.807) is 0 Å². The van der Waals surface area contributed by atoms with Crippen LogP contribution < -0.4 is 29.6 Å². The summed E-state index contributed by atoms with van der Waals surface area (Å²) in [6.45, 7) is -0.0322. The number of hydrogen-bond donors (Lipinski definition) is 2. The Morgan fingerprint density at radius 2 is 1.80 bits per heavy atom. The number of aliphatic hydroxyl groups is 1. The van der Waals surface area contributed by atoms with Crippen molar-refractivity contribution >= 4 is 10.1 Å². The Hall–Kier alpha value is 0.870. The SMILES string of the molecule is O=S(=O)(O)CCCCO.[H-].[Na+]. The van der Waals surface area contributed by atoms with Crippen LogP contribution in [0.5, 0.6) is 0 Å². The molecule has 4 nitrogen and oxygen atoms in total. The van der Waals surface area contributed by atoms with Crippen molar-refractivity contribution in [2.24, 2.45) is 0 Å². The zero-order chi connectivity index (χ0) is 7.33. The molecule has 0 bridgehead atoms. The average molecular weight is 178 g/mol. The first-order chi connectivity index (χ1) is 4.06. The Morgan fingerprint density at radius 3 is 2.10 bits per heavy atom. The van der Waals surface area contributed by atoms with Gasteiger partial charge >= 0.3 is 29.6 Å². The maximum Gasteiger partial charge on any atom is 1.00 e. The van der Waals surface area contributed by atoms with E-state index in [2.05, 4.69) is 0 Å². The minimum absolute atomic E-state index is 0. The summed E-state index contributed by atoms with van der Waals surface area (Å²) in [5, 5.41) is 8.19. The zero-order valence-corrected chi connectivity index (χ0v) is 8.76. The van der Waals surface area contributed by atoms with Gasteiger partial charge in [0, 0.05) is 6.61 Å². The van der Waals surface area contributed by atoms with Gasteiger partial charge in [-0.2, -0.15) is 8.42 Å². The molecule has 0 saturated carbocycles. The summed E-state index contributed by atoms with van der Waals surface area (Å²) in [7, 11) is -3.81. The van der Waals surface area contributed by atoms with Gasteiger partial charge in [-0.15, -0.1) is 0 Å². The van der Waals surface area contributed by atoms with Crippen LogP contribution in [0.1, 0.15) is 14.3 Å². The van der Waals surface area contributed by atoms with Crippen LogP contribution in [-0.4, -0.2) is 30.4 Å². The molecule has 0 saturated heterocycles. The molecule has 0 aromatic heterocycles. The topological polar surface area (TPSA) is 74.6 Å². The van der Waals surface area contributed by atoms with E-state index in [1.807, 2.05) is 0 Å². The third kappa shape index (κ3) is 11.6. The zero-order valence-electron chi connectivity index (χ0n) is 6.95. The second-order valence-corrected chi connectivity index (χ2v) is 3.29. The minimum atomic E-state index is -3.81. The molecule has 0 aliphatic carbocycles. The van der Waals surface area contributed by atoms with Gasteiger partial charge in [0.1, 0.15) is 0 Å². The Bertz CT molecular complexity index is 157. The molecule has 0 fully saturated rings. The van der Waals surface area contributed by atoms with E-state index in [0.29, 0.717) is 12.8 Å². The van der Waals surface area contributed by atoms with E-state index < -0.39 is 10.1 Å². The van der Waals surface area contributed by atoms with Gasteiger partial charge in [0.2, 0.25) is 0 Å². The van der Waals surface area contributed by atoms with E-state index >= 15 is 0 Å². The van der Waals surface area contributed by atoms with Crippen molar-refractivity contribution in [3.05, 3.63) is 0 Å². The smallest absolute Gasteiger partial charge is 1.00 e. The van der Waals surface area contributed by atoms with Crippen LogP contribution in [0.25, 0.3) is 0 Å². The molecule has 0 amide bonds. The quantitative estimate of drug-likeness (QED) is 0.269. The molecule has 58 valence electrons. The first-order valence-corrected chi connectivity index (χ1v) is 4.23. The van der Waals surface area contributed by atoms with Crippen molar-refractivity contribution in [1.82, 2.24) is 0 Å². The molecule has 2 N–H and O–H groups in total. The average Bonchev–Trinajstić information content (AvgIpc) is 1.63. The van der Waals surface area contributed by atoms with E-state index in [1.165, 1.54) is 0 Å². The predicted octanol–water partition coefficient (Wildman–Crippen LogP) is -3.24. The molecule has 0 heterocycles. The molecule has 0 aliphatic rings. The number of unbranched alkanes of at least 4 members (excludes halogenated alkanes) is 1. The molecule has 0 spiro atoms. The van der Waals surface area contributed by atoms with Crippen molar-refractivity contribution < 1.29 is 49.1 Å². The first kappa shape index (κ1) is 13.5. The van der Waals surface area contributed by atoms with E-state index in [-0.39, 0.29) is 43.3 Å². The second-order valence-electron chi connectivity index (χ2n) is 1.72. The largest absolute Gasteiger partial charge is 1.00 e. The Kier molecular flexibility index (Phi) is 8.85. The molecule has 10 heavy (non-hydrogen) atoms. The third-order valence-electron chi connectivity index (χ3n) is 0.810. The molecule has 0 aromatic rings. The molecule has 0 unspecified atom stereocenters. The van der Waals surface area contributed by atoms with E-state index in [4.69, 9.17) is 9.66 Å². The first-order valence-electron chi connectivity index (χ1n) is 2.62. The number of rotatable bonds is 4. The monoisotopic (exact) mass is 178 g/mol. The van der Waals surface area contributed by atoms with Gasteiger partial charge in [0.15, 0.2) is 0 Å². The maximum atomic E-state index is 9.98. The summed E-state index contributed by atoms with van der Waals surface area (Å²) < 4.78 is 28.1. The summed E-state index contributed by atoms with van der Waals surface area (Å²) in [6, 6.07) is 0. The summed E-state index contributed by atoms with van der Waals surface area (Å²) in [5.41, 5.74) is 0. The number of hydrogen-bond acceptors (Lipinski definition) is 3. The van der Waals surface area contributed by atoms with Crippen molar-refractivity contribution in [2.45, 2.75) is 12.8 Å². The fourth-order valence-electron chi connectivity index (χ4n) is 0.396. The van der Waals surface area contributed by atoms with Crippen LogP contribution in [0.15, 0.2) is 0 Å². The molecule has 0 aromatic carbocycles. The van der Waals surface area contributed by atoms with E-state index in [0.717, 1.165) is 0 Å². The molecule has 0 atom stereocenters. The normalized spacial score (nSPS) is 10.6. The Labute approximate surface area is 84.2 Å². The molecule has 0 aliphatic heterocycles. The molecule has 0 radical (unpaired) electrons. The summed E-state index contributed by atoms with van der Waals surface area (Å²) in [4.78, 5) is 0. The van der Waals surface area contributed by atoms with Crippen LogP contribution in [-0.2, 0) is 10.1 Å². The Balaban J connectivity index is -0.000000320. The van der Waals surface area contributed by atoms with Crippen LogP contribution >= 0.6 is 0 Å². The van der Waals surface area contributed by atoms with E-state index in [9.17, 15) is 8.42 Å². The van der Waals surface area contributed by atoms with Crippen molar-refractivity contribution in [3.8, 4) is 0 Å².